The molecule has 0 aliphatic heterocycles. The largest absolute Gasteiger partial charge is 0.356 e. The van der Waals surface area contributed by atoms with Crippen molar-refractivity contribution >= 4 is 16.9 Å². The Labute approximate surface area is 140 Å². The van der Waals surface area contributed by atoms with Crippen LogP contribution in [0.25, 0.3) is 11.0 Å². The highest BCUT2D eigenvalue weighted by Crippen LogP contribution is 2.19. The minimum absolute atomic E-state index is 0.0190. The summed E-state index contributed by atoms with van der Waals surface area (Å²) in [5, 5.41) is 6.92. The van der Waals surface area contributed by atoms with Gasteiger partial charge in [-0.3, -0.25) is 9.48 Å². The molecule has 7 heteroatoms. The monoisotopic (exact) mass is 326 g/mol. The minimum Gasteiger partial charge on any atom is -0.356 e. The lowest BCUT2D eigenvalue weighted by atomic mass is 10.1. The molecule has 3 aromatic rings. The Balaban J connectivity index is 1.51. The van der Waals surface area contributed by atoms with Gasteiger partial charge in [0.05, 0.1) is 11.0 Å². The Morgan fingerprint density at radius 1 is 1.29 bits per heavy atom. The normalized spacial score (nSPS) is 11.1. The second kappa shape index (κ2) is 6.82. The van der Waals surface area contributed by atoms with Crippen molar-refractivity contribution in [2.75, 3.05) is 6.54 Å². The smallest absolute Gasteiger partial charge is 0.220 e. The fourth-order valence-corrected chi connectivity index (χ4v) is 2.66. The van der Waals surface area contributed by atoms with Crippen LogP contribution in [0, 0.1) is 13.8 Å². The molecule has 1 amide bonds. The fraction of sp³-hybridized carbons (Fsp3) is 0.412. The number of hydrogen-bond acceptors (Lipinski definition) is 4. The summed E-state index contributed by atoms with van der Waals surface area (Å²) >= 11 is 0. The average Bonchev–Trinajstić information content (AvgIpc) is 3.16. The number of aromatic amines is 1. The first-order valence-electron chi connectivity index (χ1n) is 8.09. The maximum Gasteiger partial charge on any atom is 0.220 e. The van der Waals surface area contributed by atoms with Crippen LogP contribution in [0.3, 0.4) is 0 Å². The molecule has 0 radical (unpaired) electrons. The van der Waals surface area contributed by atoms with Crippen molar-refractivity contribution in [3.05, 3.63) is 41.2 Å². The summed E-state index contributed by atoms with van der Waals surface area (Å²) in [5.74, 6) is 1.73. The number of rotatable bonds is 6. The van der Waals surface area contributed by atoms with E-state index in [1.807, 2.05) is 13.1 Å². The molecule has 2 N–H and O–H groups in total. The van der Waals surface area contributed by atoms with Gasteiger partial charge in [-0.2, -0.15) is 5.10 Å². The van der Waals surface area contributed by atoms with E-state index in [0.717, 1.165) is 22.7 Å². The van der Waals surface area contributed by atoms with E-state index in [4.69, 9.17) is 0 Å². The van der Waals surface area contributed by atoms with E-state index in [9.17, 15) is 4.79 Å². The molecule has 0 aliphatic carbocycles. The third kappa shape index (κ3) is 3.45. The molecule has 126 valence electrons. The van der Waals surface area contributed by atoms with E-state index < -0.39 is 0 Å². The number of benzene rings is 1. The Morgan fingerprint density at radius 2 is 2.12 bits per heavy atom. The van der Waals surface area contributed by atoms with E-state index in [0.29, 0.717) is 25.8 Å². The quantitative estimate of drug-likeness (QED) is 0.720. The molecular formula is C17H22N6O. The first-order valence-corrected chi connectivity index (χ1v) is 8.09. The maximum atomic E-state index is 12.0. The zero-order chi connectivity index (χ0) is 17.1. The van der Waals surface area contributed by atoms with Crippen LogP contribution < -0.4 is 5.32 Å². The van der Waals surface area contributed by atoms with Crippen molar-refractivity contribution in [1.29, 1.82) is 0 Å². The van der Waals surface area contributed by atoms with Crippen molar-refractivity contribution < 1.29 is 4.79 Å². The Kier molecular flexibility index (Phi) is 4.59. The van der Waals surface area contributed by atoms with E-state index in [1.165, 1.54) is 17.5 Å². The third-order valence-electron chi connectivity index (χ3n) is 4.29. The maximum absolute atomic E-state index is 12.0. The highest BCUT2D eigenvalue weighted by molar-refractivity contribution is 5.80. The summed E-state index contributed by atoms with van der Waals surface area (Å²) < 4.78 is 1.71. The second-order valence-electron chi connectivity index (χ2n) is 5.99. The Bertz CT molecular complexity index is 863. The first-order chi connectivity index (χ1) is 11.5. The van der Waals surface area contributed by atoms with E-state index in [1.54, 1.807) is 4.68 Å². The highest BCUT2D eigenvalue weighted by Gasteiger charge is 2.09. The van der Waals surface area contributed by atoms with E-state index in [2.05, 4.69) is 45.3 Å². The molecule has 0 atom stereocenters. The Morgan fingerprint density at radius 3 is 2.88 bits per heavy atom. The molecule has 0 aliphatic rings. The topological polar surface area (TPSA) is 88.5 Å². The van der Waals surface area contributed by atoms with Crippen LogP contribution in [0.4, 0.5) is 0 Å². The van der Waals surface area contributed by atoms with Gasteiger partial charge in [-0.05, 0) is 31.0 Å². The number of nitrogens with zero attached hydrogens (tertiary/aromatic N) is 4. The molecule has 0 bridgehead atoms. The van der Waals surface area contributed by atoms with E-state index >= 15 is 0 Å². The summed E-state index contributed by atoms with van der Waals surface area (Å²) in [6.45, 7) is 4.71. The molecule has 0 fully saturated rings. The molecule has 0 unspecified atom stereocenters. The molecular weight excluding hydrogens is 304 g/mol. The number of imidazole rings is 1. The summed E-state index contributed by atoms with van der Waals surface area (Å²) in [7, 11) is 1.84. The summed E-state index contributed by atoms with van der Waals surface area (Å²) in [4.78, 5) is 24.0. The third-order valence-corrected chi connectivity index (χ3v) is 4.29. The zero-order valence-corrected chi connectivity index (χ0v) is 14.3. The zero-order valence-electron chi connectivity index (χ0n) is 14.3. The number of fused-ring (bicyclic) bond motifs is 1. The van der Waals surface area contributed by atoms with Crippen LogP contribution >= 0.6 is 0 Å². The van der Waals surface area contributed by atoms with Gasteiger partial charge in [0.25, 0.3) is 0 Å². The molecule has 1 aromatic carbocycles. The molecule has 2 heterocycles. The highest BCUT2D eigenvalue weighted by atomic mass is 16.1. The standard InChI is InChI=1S/C17H22N6O/c1-11-4-5-13-17(12(11)2)22-14(21-13)6-7-16(24)18-9-8-15-19-10-20-23(15)3/h4-5,10H,6-9H2,1-3H3,(H,18,24)(H,21,22). The van der Waals surface area contributed by atoms with Gasteiger partial charge in [0.1, 0.15) is 18.0 Å². The van der Waals surface area contributed by atoms with Gasteiger partial charge in [0.2, 0.25) is 5.91 Å². The average molecular weight is 326 g/mol. The first kappa shape index (κ1) is 16.2. The summed E-state index contributed by atoms with van der Waals surface area (Å²) in [5.41, 5.74) is 4.42. The van der Waals surface area contributed by atoms with Crippen molar-refractivity contribution in [2.24, 2.45) is 7.05 Å². The van der Waals surface area contributed by atoms with Crippen LogP contribution in [0.15, 0.2) is 18.5 Å². The number of hydrogen-bond donors (Lipinski definition) is 2. The van der Waals surface area contributed by atoms with Crippen molar-refractivity contribution in [3.8, 4) is 0 Å². The van der Waals surface area contributed by atoms with Gasteiger partial charge in [0, 0.05) is 32.9 Å². The number of aryl methyl sites for hydroxylation is 4. The van der Waals surface area contributed by atoms with Crippen molar-refractivity contribution in [3.63, 3.8) is 0 Å². The van der Waals surface area contributed by atoms with Crippen LogP contribution in [-0.4, -0.2) is 37.2 Å². The molecule has 3 rings (SSSR count). The minimum atomic E-state index is 0.0190. The Hall–Kier alpha value is -2.70. The molecule has 2 aromatic heterocycles. The van der Waals surface area contributed by atoms with Crippen LogP contribution in [0.5, 0.6) is 0 Å². The van der Waals surface area contributed by atoms with Crippen molar-refractivity contribution in [1.82, 2.24) is 30.0 Å². The van der Waals surface area contributed by atoms with Crippen molar-refractivity contribution in [2.45, 2.75) is 33.1 Å². The number of amides is 1. The lowest BCUT2D eigenvalue weighted by molar-refractivity contribution is -0.121. The van der Waals surface area contributed by atoms with Gasteiger partial charge < -0.3 is 10.3 Å². The van der Waals surface area contributed by atoms with Gasteiger partial charge in [-0.25, -0.2) is 9.97 Å². The van der Waals surface area contributed by atoms with Gasteiger partial charge in [-0.1, -0.05) is 6.07 Å². The van der Waals surface area contributed by atoms with E-state index in [-0.39, 0.29) is 5.91 Å². The predicted octanol–water partition coefficient (Wildman–Crippen LogP) is 1.60. The number of carbonyl (C=O) groups excluding carboxylic acids is 1. The lowest BCUT2D eigenvalue weighted by Gasteiger charge is -2.04. The van der Waals surface area contributed by atoms with Gasteiger partial charge in [-0.15, -0.1) is 0 Å². The van der Waals surface area contributed by atoms with Gasteiger partial charge >= 0.3 is 0 Å². The molecule has 7 nitrogen and oxygen atoms in total. The number of carbonyl (C=O) groups is 1. The summed E-state index contributed by atoms with van der Waals surface area (Å²) in [6.07, 6.45) is 3.20. The van der Waals surface area contributed by atoms with Crippen LogP contribution in [-0.2, 0) is 24.7 Å². The second-order valence-corrected chi connectivity index (χ2v) is 5.99. The SMILES string of the molecule is Cc1ccc2[nH]c(CCC(=O)NCCc3ncnn3C)nc2c1C. The molecule has 0 spiro atoms. The molecule has 0 saturated heterocycles. The van der Waals surface area contributed by atoms with Gasteiger partial charge in [0.15, 0.2) is 0 Å². The lowest BCUT2D eigenvalue weighted by Crippen LogP contribution is -2.26. The van der Waals surface area contributed by atoms with Crippen LogP contribution in [0.1, 0.15) is 29.2 Å². The number of aromatic nitrogens is 5. The predicted molar refractivity (Wildman–Crippen MR) is 91.6 cm³/mol. The summed E-state index contributed by atoms with van der Waals surface area (Å²) in [6, 6.07) is 4.12. The molecule has 0 saturated carbocycles. The fourth-order valence-electron chi connectivity index (χ4n) is 2.66. The number of nitrogens with one attached hydrogen (secondary N) is 2. The number of H-pyrrole nitrogens is 1. The molecule has 24 heavy (non-hydrogen) atoms. The van der Waals surface area contributed by atoms with Crippen LogP contribution in [0.2, 0.25) is 0 Å².